The third-order valence-corrected chi connectivity index (χ3v) is 5.79. The molecule has 1 unspecified atom stereocenters. The lowest BCUT2D eigenvalue weighted by molar-refractivity contribution is -0.113. The fourth-order valence-corrected chi connectivity index (χ4v) is 3.83. The van der Waals surface area contributed by atoms with Gasteiger partial charge in [0.05, 0.1) is 11.8 Å². The third kappa shape index (κ3) is 6.16. The Morgan fingerprint density at radius 1 is 1.16 bits per heavy atom. The zero-order valence-corrected chi connectivity index (χ0v) is 19.2. The zero-order valence-electron chi connectivity index (χ0n) is 18.4. The fourth-order valence-electron chi connectivity index (χ4n) is 3.14. The van der Waals surface area contributed by atoms with Gasteiger partial charge in [0.2, 0.25) is 5.91 Å². The molecule has 1 heterocycles. The summed E-state index contributed by atoms with van der Waals surface area (Å²) in [6, 6.07) is 12.6. The number of aromatic nitrogens is 3. The van der Waals surface area contributed by atoms with Crippen LogP contribution in [-0.2, 0) is 11.8 Å². The molecule has 2 amide bonds. The van der Waals surface area contributed by atoms with E-state index in [0.29, 0.717) is 16.4 Å². The van der Waals surface area contributed by atoms with Gasteiger partial charge in [-0.15, -0.1) is 10.2 Å². The summed E-state index contributed by atoms with van der Waals surface area (Å²) in [6.07, 6.45) is 1.57. The van der Waals surface area contributed by atoms with Crippen molar-refractivity contribution in [1.82, 2.24) is 20.1 Å². The maximum atomic E-state index is 13.3. The van der Waals surface area contributed by atoms with Crippen molar-refractivity contribution in [1.29, 1.82) is 0 Å². The summed E-state index contributed by atoms with van der Waals surface area (Å²) in [6.45, 7) is 6.02. The molecule has 0 spiro atoms. The zero-order chi connectivity index (χ0) is 23.3. The number of anilines is 1. The Labute approximate surface area is 190 Å². The van der Waals surface area contributed by atoms with E-state index in [1.807, 2.05) is 20.8 Å². The maximum Gasteiger partial charge on any atom is 0.251 e. The molecule has 168 valence electrons. The van der Waals surface area contributed by atoms with E-state index in [1.54, 1.807) is 54.3 Å². The molecule has 7 nitrogen and oxygen atoms in total. The summed E-state index contributed by atoms with van der Waals surface area (Å²) < 4.78 is 15.1. The van der Waals surface area contributed by atoms with Crippen molar-refractivity contribution in [3.05, 3.63) is 71.8 Å². The summed E-state index contributed by atoms with van der Waals surface area (Å²) in [5.74, 6) is -0.652. The van der Waals surface area contributed by atoms with Gasteiger partial charge in [0.25, 0.3) is 5.91 Å². The second kappa shape index (κ2) is 9.95. The lowest BCUT2D eigenvalue weighted by Crippen LogP contribution is -2.36. The molecule has 0 bridgehead atoms. The van der Waals surface area contributed by atoms with Gasteiger partial charge in [0, 0.05) is 18.3 Å². The van der Waals surface area contributed by atoms with Crippen molar-refractivity contribution in [2.75, 3.05) is 11.1 Å². The number of benzene rings is 2. The molecule has 0 aliphatic rings. The van der Waals surface area contributed by atoms with Crippen molar-refractivity contribution in [2.45, 2.75) is 32.0 Å². The van der Waals surface area contributed by atoms with E-state index in [1.165, 1.54) is 23.9 Å². The van der Waals surface area contributed by atoms with Crippen molar-refractivity contribution < 1.29 is 14.0 Å². The van der Waals surface area contributed by atoms with Gasteiger partial charge in [0.15, 0.2) is 5.16 Å². The first-order valence-electron chi connectivity index (χ1n) is 10.1. The second-order valence-electron chi connectivity index (χ2n) is 8.47. The van der Waals surface area contributed by atoms with Crippen LogP contribution in [0.4, 0.5) is 10.1 Å². The molecule has 9 heteroatoms. The molecule has 0 radical (unpaired) electrons. The number of hydrogen-bond acceptors (Lipinski definition) is 5. The minimum Gasteiger partial charge on any atom is -0.345 e. The fraction of sp³-hybridized carbons (Fsp3) is 0.304. The molecule has 1 aromatic heterocycles. The van der Waals surface area contributed by atoms with Crippen LogP contribution in [0.25, 0.3) is 0 Å². The smallest absolute Gasteiger partial charge is 0.251 e. The molecular weight excluding hydrogens is 429 g/mol. The van der Waals surface area contributed by atoms with Crippen LogP contribution < -0.4 is 10.6 Å². The van der Waals surface area contributed by atoms with Gasteiger partial charge in [-0.25, -0.2) is 4.39 Å². The van der Waals surface area contributed by atoms with E-state index in [4.69, 9.17) is 0 Å². The number of halogens is 1. The molecule has 0 fully saturated rings. The van der Waals surface area contributed by atoms with Gasteiger partial charge < -0.3 is 15.2 Å². The van der Waals surface area contributed by atoms with Crippen LogP contribution in [0.5, 0.6) is 0 Å². The van der Waals surface area contributed by atoms with Crippen LogP contribution >= 0.6 is 11.8 Å². The van der Waals surface area contributed by atoms with Crippen LogP contribution in [-0.4, -0.2) is 32.3 Å². The topological polar surface area (TPSA) is 88.9 Å². The first-order valence-corrected chi connectivity index (χ1v) is 11.0. The summed E-state index contributed by atoms with van der Waals surface area (Å²) in [7, 11) is 1.80. The molecule has 0 aliphatic carbocycles. The van der Waals surface area contributed by atoms with Crippen LogP contribution in [0, 0.1) is 11.2 Å². The average Bonchev–Trinajstić information content (AvgIpc) is 3.15. The molecule has 0 saturated heterocycles. The lowest BCUT2D eigenvalue weighted by atomic mass is 9.82. The highest BCUT2D eigenvalue weighted by molar-refractivity contribution is 7.99. The quantitative estimate of drug-likeness (QED) is 0.521. The van der Waals surface area contributed by atoms with E-state index in [0.717, 1.165) is 5.56 Å². The van der Waals surface area contributed by atoms with E-state index in [9.17, 15) is 14.0 Å². The Hall–Kier alpha value is -3.20. The van der Waals surface area contributed by atoms with Crippen LogP contribution in [0.2, 0.25) is 0 Å². The first kappa shape index (κ1) is 23.5. The summed E-state index contributed by atoms with van der Waals surface area (Å²) >= 11 is 1.27. The number of carbonyl (C=O) groups excluding carboxylic acids is 2. The Bertz CT molecular complexity index is 1090. The molecule has 1 atom stereocenters. The number of nitrogens with one attached hydrogen (secondary N) is 2. The second-order valence-corrected chi connectivity index (χ2v) is 9.41. The number of nitrogens with zero attached hydrogens (tertiary/aromatic N) is 3. The van der Waals surface area contributed by atoms with Crippen LogP contribution in [0.1, 0.15) is 42.7 Å². The predicted octanol–water partition coefficient (Wildman–Crippen LogP) is 4.20. The van der Waals surface area contributed by atoms with Gasteiger partial charge in [-0.05, 0) is 41.3 Å². The molecule has 32 heavy (non-hydrogen) atoms. The highest BCUT2D eigenvalue weighted by Gasteiger charge is 2.28. The third-order valence-electron chi connectivity index (χ3n) is 4.76. The van der Waals surface area contributed by atoms with E-state index >= 15 is 0 Å². The summed E-state index contributed by atoms with van der Waals surface area (Å²) in [5, 5.41) is 14.2. The van der Waals surface area contributed by atoms with Gasteiger partial charge in [-0.2, -0.15) is 0 Å². The predicted molar refractivity (Wildman–Crippen MR) is 123 cm³/mol. The first-order chi connectivity index (χ1) is 15.1. The average molecular weight is 456 g/mol. The maximum absolute atomic E-state index is 13.3. The SMILES string of the molecule is Cn1cnnc1SCC(=O)Nc1cccc(C(=O)NC(c2ccc(F)cc2)C(C)(C)C)c1. The van der Waals surface area contributed by atoms with Crippen molar-refractivity contribution in [3.8, 4) is 0 Å². The lowest BCUT2D eigenvalue weighted by Gasteiger charge is -2.32. The summed E-state index contributed by atoms with van der Waals surface area (Å²) in [5.41, 5.74) is 1.46. The number of carbonyl (C=O) groups is 2. The molecular formula is C23H26FN5O2S. The highest BCUT2D eigenvalue weighted by atomic mass is 32.2. The number of amides is 2. The largest absolute Gasteiger partial charge is 0.345 e. The Morgan fingerprint density at radius 3 is 2.50 bits per heavy atom. The molecule has 3 rings (SSSR count). The Kier molecular flexibility index (Phi) is 7.29. The molecule has 2 aromatic carbocycles. The minimum atomic E-state index is -0.325. The van der Waals surface area contributed by atoms with Crippen LogP contribution in [0.3, 0.4) is 0 Å². The van der Waals surface area contributed by atoms with Crippen molar-refractivity contribution in [2.24, 2.45) is 12.5 Å². The van der Waals surface area contributed by atoms with Crippen molar-refractivity contribution >= 4 is 29.3 Å². The normalized spacial score (nSPS) is 12.3. The number of aryl methyl sites for hydroxylation is 1. The standard InChI is InChI=1S/C23H26FN5O2S/c1-23(2,3)20(15-8-10-17(24)11-9-15)27-21(31)16-6-5-7-18(12-16)26-19(30)13-32-22-28-25-14-29(22)4/h5-12,14,20H,13H2,1-4H3,(H,26,30)(H,27,31). The molecule has 0 aliphatic heterocycles. The van der Waals surface area contributed by atoms with Gasteiger partial charge in [0.1, 0.15) is 12.1 Å². The number of hydrogen-bond donors (Lipinski definition) is 2. The molecule has 2 N–H and O–H groups in total. The molecule has 0 saturated carbocycles. The van der Waals surface area contributed by atoms with E-state index in [-0.39, 0.29) is 34.8 Å². The van der Waals surface area contributed by atoms with Gasteiger partial charge >= 0.3 is 0 Å². The number of rotatable bonds is 7. The minimum absolute atomic E-state index is 0.166. The van der Waals surface area contributed by atoms with E-state index < -0.39 is 0 Å². The van der Waals surface area contributed by atoms with Crippen LogP contribution in [0.15, 0.2) is 60.0 Å². The van der Waals surface area contributed by atoms with Gasteiger partial charge in [-0.1, -0.05) is 50.7 Å². The van der Waals surface area contributed by atoms with E-state index in [2.05, 4.69) is 20.8 Å². The number of thioether (sulfide) groups is 1. The Morgan fingerprint density at radius 2 is 1.88 bits per heavy atom. The Balaban J connectivity index is 1.67. The molecule has 3 aromatic rings. The van der Waals surface area contributed by atoms with Gasteiger partial charge in [-0.3, -0.25) is 9.59 Å². The monoisotopic (exact) mass is 455 g/mol. The summed E-state index contributed by atoms with van der Waals surface area (Å²) in [4.78, 5) is 25.3. The highest BCUT2D eigenvalue weighted by Crippen LogP contribution is 2.33. The van der Waals surface area contributed by atoms with Crippen molar-refractivity contribution in [3.63, 3.8) is 0 Å².